The summed E-state index contributed by atoms with van der Waals surface area (Å²) in [4.78, 5) is 15.4. The average Bonchev–Trinajstić information content (AvgIpc) is 2.73. The molecular weight excluding hydrogens is 264 g/mol. The van der Waals surface area contributed by atoms with E-state index in [-0.39, 0.29) is 18.0 Å². The van der Waals surface area contributed by atoms with E-state index in [2.05, 4.69) is 4.98 Å². The zero-order chi connectivity index (χ0) is 13.3. The number of aliphatic hydroxyl groups excluding tert-OH is 1. The minimum absolute atomic E-state index is 0.0286. The molecule has 0 fully saturated rings. The molecule has 2 rings (SSSR count). The van der Waals surface area contributed by atoms with Gasteiger partial charge in [-0.15, -0.1) is 0 Å². The van der Waals surface area contributed by atoms with Crippen molar-refractivity contribution in [3.8, 4) is 0 Å². The van der Waals surface area contributed by atoms with Gasteiger partial charge in [0.05, 0.1) is 12.2 Å². The fourth-order valence-corrected chi connectivity index (χ4v) is 2.64. The summed E-state index contributed by atoms with van der Waals surface area (Å²) in [6.45, 7) is -0.352. The van der Waals surface area contributed by atoms with Crippen LogP contribution in [0.5, 0.6) is 0 Å². The van der Waals surface area contributed by atoms with Crippen molar-refractivity contribution in [2.24, 2.45) is 0 Å². The first-order valence-electron chi connectivity index (χ1n) is 4.91. The second kappa shape index (κ2) is 4.91. The Morgan fingerprint density at radius 2 is 2.33 bits per heavy atom. The first-order chi connectivity index (χ1) is 8.52. The van der Waals surface area contributed by atoms with Gasteiger partial charge in [0, 0.05) is 11.1 Å². The number of thioether (sulfide) groups is 1. The molecule has 0 spiro atoms. The summed E-state index contributed by atoms with van der Waals surface area (Å²) in [7, 11) is 0. The SMILES string of the molecule is Nc1ccn([C@@H]2SC(CO)=CC2=C(F)F)c(=O)n1. The van der Waals surface area contributed by atoms with Crippen LogP contribution in [-0.4, -0.2) is 21.3 Å². The summed E-state index contributed by atoms with van der Waals surface area (Å²) in [6, 6.07) is 1.35. The van der Waals surface area contributed by atoms with E-state index in [1.165, 1.54) is 18.3 Å². The topological polar surface area (TPSA) is 81.1 Å². The second-order valence-corrected chi connectivity index (χ2v) is 4.70. The van der Waals surface area contributed by atoms with E-state index in [4.69, 9.17) is 10.8 Å². The van der Waals surface area contributed by atoms with Gasteiger partial charge in [-0.2, -0.15) is 13.8 Å². The predicted molar refractivity (Wildman–Crippen MR) is 63.9 cm³/mol. The van der Waals surface area contributed by atoms with Crippen molar-refractivity contribution < 1.29 is 13.9 Å². The van der Waals surface area contributed by atoms with E-state index in [1.54, 1.807) is 0 Å². The van der Waals surface area contributed by atoms with Gasteiger partial charge in [-0.3, -0.25) is 4.57 Å². The highest BCUT2D eigenvalue weighted by atomic mass is 32.2. The number of hydrogen-bond donors (Lipinski definition) is 2. The van der Waals surface area contributed by atoms with E-state index < -0.39 is 17.1 Å². The Hall–Kier alpha value is -1.67. The third kappa shape index (κ3) is 2.29. The zero-order valence-corrected chi connectivity index (χ0v) is 9.82. The molecule has 0 radical (unpaired) electrons. The van der Waals surface area contributed by atoms with Crippen LogP contribution in [-0.2, 0) is 0 Å². The van der Waals surface area contributed by atoms with Crippen LogP contribution in [0, 0.1) is 0 Å². The van der Waals surface area contributed by atoms with E-state index in [0.29, 0.717) is 4.91 Å². The van der Waals surface area contributed by atoms with Gasteiger partial charge in [0.1, 0.15) is 11.2 Å². The van der Waals surface area contributed by atoms with Gasteiger partial charge in [0.2, 0.25) is 0 Å². The Balaban J connectivity index is 2.46. The molecule has 18 heavy (non-hydrogen) atoms. The van der Waals surface area contributed by atoms with Crippen molar-refractivity contribution in [1.29, 1.82) is 0 Å². The average molecular weight is 273 g/mol. The number of nitrogens with zero attached hydrogens (tertiary/aromatic N) is 2. The van der Waals surface area contributed by atoms with Crippen molar-refractivity contribution in [3.05, 3.63) is 45.4 Å². The number of halogens is 2. The van der Waals surface area contributed by atoms with Crippen molar-refractivity contribution in [2.75, 3.05) is 12.3 Å². The maximum absolute atomic E-state index is 12.8. The number of allylic oxidation sites excluding steroid dienone is 1. The first-order valence-corrected chi connectivity index (χ1v) is 5.79. The van der Waals surface area contributed by atoms with E-state index in [9.17, 15) is 13.6 Å². The van der Waals surface area contributed by atoms with E-state index in [1.807, 2.05) is 0 Å². The Morgan fingerprint density at radius 3 is 2.89 bits per heavy atom. The van der Waals surface area contributed by atoms with Gasteiger partial charge < -0.3 is 10.8 Å². The lowest BCUT2D eigenvalue weighted by molar-refractivity contribution is 0.339. The largest absolute Gasteiger partial charge is 0.391 e. The Kier molecular flexibility index (Phi) is 3.48. The first kappa shape index (κ1) is 12.8. The lowest BCUT2D eigenvalue weighted by atomic mass is 10.2. The molecule has 1 aliphatic rings. The maximum Gasteiger partial charge on any atom is 0.350 e. The minimum atomic E-state index is -1.89. The molecule has 0 saturated heterocycles. The van der Waals surface area contributed by atoms with Crippen molar-refractivity contribution in [2.45, 2.75) is 5.37 Å². The van der Waals surface area contributed by atoms with Crippen molar-refractivity contribution >= 4 is 17.6 Å². The van der Waals surface area contributed by atoms with Crippen LogP contribution in [0.3, 0.4) is 0 Å². The van der Waals surface area contributed by atoms with Gasteiger partial charge in [0.25, 0.3) is 6.08 Å². The van der Waals surface area contributed by atoms with Crippen LogP contribution in [0.2, 0.25) is 0 Å². The number of nitrogen functional groups attached to an aromatic ring is 1. The molecular formula is C10H9F2N3O2S. The number of anilines is 1. The Morgan fingerprint density at radius 1 is 1.61 bits per heavy atom. The molecule has 0 unspecified atom stereocenters. The number of nitrogens with two attached hydrogens (primary N) is 1. The highest BCUT2D eigenvalue weighted by molar-refractivity contribution is 8.03. The summed E-state index contributed by atoms with van der Waals surface area (Å²) in [5, 5.41) is 8.05. The molecule has 0 saturated carbocycles. The molecule has 0 amide bonds. The van der Waals surface area contributed by atoms with Gasteiger partial charge >= 0.3 is 5.69 Å². The van der Waals surface area contributed by atoms with Crippen LogP contribution in [0.15, 0.2) is 39.7 Å². The third-order valence-electron chi connectivity index (χ3n) is 2.32. The van der Waals surface area contributed by atoms with E-state index >= 15 is 0 Å². The van der Waals surface area contributed by atoms with Crippen LogP contribution in [0.4, 0.5) is 14.6 Å². The fourth-order valence-electron chi connectivity index (χ4n) is 1.53. The molecule has 8 heteroatoms. The quantitative estimate of drug-likeness (QED) is 0.843. The van der Waals surface area contributed by atoms with Crippen LogP contribution in [0.1, 0.15) is 5.37 Å². The van der Waals surface area contributed by atoms with Gasteiger partial charge in [-0.1, -0.05) is 11.8 Å². The Bertz CT molecular complexity index is 593. The maximum atomic E-state index is 12.8. The number of rotatable bonds is 2. The fraction of sp³-hybridized carbons (Fsp3) is 0.200. The normalized spacial score (nSPS) is 18.9. The Labute approximate surface area is 105 Å². The standard InChI is InChI=1S/C10H9F2N3O2S/c11-8(12)6-3-5(4-16)18-9(6)15-2-1-7(13)14-10(15)17/h1-3,9,16H,4H2,(H2,13,14,17)/t9-/m1/s1. The molecule has 1 aliphatic heterocycles. The molecule has 2 heterocycles. The molecule has 1 aromatic rings. The predicted octanol–water partition coefficient (Wildman–Crippen LogP) is 1.10. The monoisotopic (exact) mass is 273 g/mol. The minimum Gasteiger partial charge on any atom is -0.391 e. The molecule has 0 aliphatic carbocycles. The smallest absolute Gasteiger partial charge is 0.350 e. The van der Waals surface area contributed by atoms with Crippen LogP contribution >= 0.6 is 11.8 Å². The summed E-state index contributed by atoms with van der Waals surface area (Å²) in [5.74, 6) is 0.0286. The molecule has 0 bridgehead atoms. The lowest BCUT2D eigenvalue weighted by Gasteiger charge is -2.14. The third-order valence-corrected chi connectivity index (χ3v) is 3.58. The molecule has 96 valence electrons. The van der Waals surface area contributed by atoms with E-state index in [0.717, 1.165) is 16.3 Å². The molecule has 5 nitrogen and oxygen atoms in total. The summed E-state index contributed by atoms with van der Waals surface area (Å²) in [5.41, 5.74) is 4.31. The lowest BCUT2D eigenvalue weighted by Crippen LogP contribution is -2.25. The zero-order valence-electron chi connectivity index (χ0n) is 9.01. The summed E-state index contributed by atoms with van der Waals surface area (Å²) in [6.07, 6.45) is 0.590. The summed E-state index contributed by atoms with van der Waals surface area (Å²) < 4.78 is 26.6. The van der Waals surface area contributed by atoms with Crippen molar-refractivity contribution in [3.63, 3.8) is 0 Å². The van der Waals surface area contributed by atoms with Crippen molar-refractivity contribution in [1.82, 2.24) is 9.55 Å². The summed E-state index contributed by atoms with van der Waals surface area (Å²) >= 11 is 0.976. The molecule has 0 aromatic carbocycles. The second-order valence-electron chi connectivity index (χ2n) is 3.50. The number of aromatic nitrogens is 2. The molecule has 1 atom stereocenters. The molecule has 1 aromatic heterocycles. The van der Waals surface area contributed by atoms with Gasteiger partial charge in [0.15, 0.2) is 0 Å². The number of aliphatic hydroxyl groups is 1. The highest BCUT2D eigenvalue weighted by Gasteiger charge is 2.28. The van der Waals surface area contributed by atoms with Crippen LogP contribution < -0.4 is 11.4 Å². The number of hydrogen-bond acceptors (Lipinski definition) is 5. The highest BCUT2D eigenvalue weighted by Crippen LogP contribution is 2.44. The molecule has 3 N–H and O–H groups in total. The van der Waals surface area contributed by atoms with Gasteiger partial charge in [-0.25, -0.2) is 4.79 Å². The van der Waals surface area contributed by atoms with Crippen LogP contribution in [0.25, 0.3) is 0 Å². The van der Waals surface area contributed by atoms with Gasteiger partial charge in [-0.05, 0) is 12.1 Å².